The van der Waals surface area contributed by atoms with Gasteiger partial charge in [0.05, 0.1) is 13.7 Å². The second-order valence-corrected chi connectivity index (χ2v) is 3.35. The Morgan fingerprint density at radius 3 is 2.67 bits per heavy atom. The van der Waals surface area contributed by atoms with Crippen molar-refractivity contribution in [1.29, 1.82) is 0 Å². The van der Waals surface area contributed by atoms with Crippen LogP contribution in [-0.2, 0) is 0 Å². The molecule has 0 aliphatic rings. The van der Waals surface area contributed by atoms with Gasteiger partial charge in [0.2, 0.25) is 0 Å². The normalized spacial score (nSPS) is 12.3. The SMILES string of the molecule is CCOc1cc(OC)ccc1C(C)NC. The zero-order chi connectivity index (χ0) is 11.3. The Hall–Kier alpha value is -1.22. The van der Waals surface area contributed by atoms with Crippen molar-refractivity contribution in [2.24, 2.45) is 0 Å². The van der Waals surface area contributed by atoms with E-state index in [0.29, 0.717) is 6.61 Å². The van der Waals surface area contributed by atoms with Gasteiger partial charge in [0, 0.05) is 17.7 Å². The van der Waals surface area contributed by atoms with Gasteiger partial charge in [-0.2, -0.15) is 0 Å². The van der Waals surface area contributed by atoms with Crippen molar-refractivity contribution in [1.82, 2.24) is 5.32 Å². The Kier molecular flexibility index (Phi) is 4.43. The lowest BCUT2D eigenvalue weighted by molar-refractivity contribution is 0.329. The predicted molar refractivity (Wildman–Crippen MR) is 61.6 cm³/mol. The quantitative estimate of drug-likeness (QED) is 0.807. The van der Waals surface area contributed by atoms with Crippen LogP contribution in [0.1, 0.15) is 25.5 Å². The molecule has 1 rings (SSSR count). The molecule has 0 bridgehead atoms. The van der Waals surface area contributed by atoms with E-state index in [1.165, 1.54) is 0 Å². The van der Waals surface area contributed by atoms with E-state index in [0.717, 1.165) is 17.1 Å². The molecule has 0 aliphatic heterocycles. The molecule has 0 heterocycles. The molecule has 0 fully saturated rings. The topological polar surface area (TPSA) is 30.5 Å². The minimum absolute atomic E-state index is 0.275. The number of hydrogen-bond donors (Lipinski definition) is 1. The molecule has 1 aromatic rings. The molecule has 1 aromatic carbocycles. The molecule has 3 nitrogen and oxygen atoms in total. The van der Waals surface area contributed by atoms with Gasteiger partial charge in [0.15, 0.2) is 0 Å². The third-order valence-electron chi connectivity index (χ3n) is 2.42. The minimum atomic E-state index is 0.275. The molecule has 0 spiro atoms. The molecule has 0 radical (unpaired) electrons. The fourth-order valence-corrected chi connectivity index (χ4v) is 1.44. The summed E-state index contributed by atoms with van der Waals surface area (Å²) in [6.45, 7) is 4.74. The third kappa shape index (κ3) is 2.86. The van der Waals surface area contributed by atoms with Gasteiger partial charge in [-0.15, -0.1) is 0 Å². The summed E-state index contributed by atoms with van der Waals surface area (Å²) in [5, 5.41) is 3.20. The van der Waals surface area contributed by atoms with Gasteiger partial charge in [-0.05, 0) is 27.0 Å². The molecular weight excluding hydrogens is 190 g/mol. The zero-order valence-corrected chi connectivity index (χ0v) is 9.83. The molecular formula is C12H19NO2. The average molecular weight is 209 g/mol. The molecule has 0 saturated carbocycles. The van der Waals surface area contributed by atoms with Gasteiger partial charge in [0.25, 0.3) is 0 Å². The van der Waals surface area contributed by atoms with E-state index in [9.17, 15) is 0 Å². The van der Waals surface area contributed by atoms with Gasteiger partial charge in [-0.3, -0.25) is 0 Å². The largest absolute Gasteiger partial charge is 0.497 e. The third-order valence-corrected chi connectivity index (χ3v) is 2.42. The Morgan fingerprint density at radius 2 is 2.13 bits per heavy atom. The van der Waals surface area contributed by atoms with E-state index >= 15 is 0 Å². The molecule has 15 heavy (non-hydrogen) atoms. The lowest BCUT2D eigenvalue weighted by Gasteiger charge is -2.16. The van der Waals surface area contributed by atoms with Crippen molar-refractivity contribution in [3.8, 4) is 11.5 Å². The lowest BCUT2D eigenvalue weighted by atomic mass is 10.1. The number of rotatable bonds is 5. The molecule has 0 aromatic heterocycles. The van der Waals surface area contributed by atoms with Gasteiger partial charge < -0.3 is 14.8 Å². The first-order valence-corrected chi connectivity index (χ1v) is 5.21. The molecule has 3 heteroatoms. The standard InChI is InChI=1S/C12H19NO2/c1-5-15-12-8-10(14-4)6-7-11(12)9(2)13-3/h6-9,13H,5H2,1-4H3. The summed E-state index contributed by atoms with van der Waals surface area (Å²) >= 11 is 0. The highest BCUT2D eigenvalue weighted by molar-refractivity contribution is 5.42. The Balaban J connectivity index is 3.03. The van der Waals surface area contributed by atoms with Crippen LogP contribution in [0.4, 0.5) is 0 Å². The number of nitrogens with one attached hydrogen (secondary N) is 1. The van der Waals surface area contributed by atoms with E-state index in [4.69, 9.17) is 9.47 Å². The van der Waals surface area contributed by atoms with E-state index in [2.05, 4.69) is 12.2 Å². The van der Waals surface area contributed by atoms with Crippen LogP contribution in [0.3, 0.4) is 0 Å². The molecule has 1 unspecified atom stereocenters. The number of methoxy groups -OCH3 is 1. The molecule has 0 amide bonds. The maximum absolute atomic E-state index is 5.58. The van der Waals surface area contributed by atoms with Gasteiger partial charge in [0.1, 0.15) is 11.5 Å². The second-order valence-electron chi connectivity index (χ2n) is 3.35. The molecule has 1 N–H and O–H groups in total. The maximum atomic E-state index is 5.58. The number of ether oxygens (including phenoxy) is 2. The lowest BCUT2D eigenvalue weighted by Crippen LogP contribution is -2.13. The average Bonchev–Trinajstić information content (AvgIpc) is 2.28. The summed E-state index contributed by atoms with van der Waals surface area (Å²) < 4.78 is 10.8. The Labute approximate surface area is 91.4 Å². The number of hydrogen-bond acceptors (Lipinski definition) is 3. The van der Waals surface area contributed by atoms with Crippen LogP contribution >= 0.6 is 0 Å². The highest BCUT2D eigenvalue weighted by atomic mass is 16.5. The predicted octanol–water partition coefficient (Wildman–Crippen LogP) is 2.37. The molecule has 1 atom stereocenters. The van der Waals surface area contributed by atoms with Gasteiger partial charge in [-0.1, -0.05) is 6.07 Å². The highest BCUT2D eigenvalue weighted by Crippen LogP contribution is 2.29. The number of benzene rings is 1. The first-order chi connectivity index (χ1) is 7.22. The van der Waals surface area contributed by atoms with Crippen LogP contribution in [0.15, 0.2) is 18.2 Å². The van der Waals surface area contributed by atoms with Gasteiger partial charge >= 0.3 is 0 Å². The molecule has 84 valence electrons. The second kappa shape index (κ2) is 5.61. The summed E-state index contributed by atoms with van der Waals surface area (Å²) in [6.07, 6.45) is 0. The van der Waals surface area contributed by atoms with Crippen molar-refractivity contribution in [2.75, 3.05) is 20.8 Å². The Bertz CT molecular complexity index is 312. The first-order valence-electron chi connectivity index (χ1n) is 5.21. The van der Waals surface area contributed by atoms with Crippen molar-refractivity contribution in [3.63, 3.8) is 0 Å². The molecule has 0 saturated heterocycles. The zero-order valence-electron chi connectivity index (χ0n) is 9.83. The van der Waals surface area contributed by atoms with Crippen LogP contribution in [0.25, 0.3) is 0 Å². The van der Waals surface area contributed by atoms with Crippen molar-refractivity contribution >= 4 is 0 Å². The van der Waals surface area contributed by atoms with Crippen LogP contribution < -0.4 is 14.8 Å². The fourth-order valence-electron chi connectivity index (χ4n) is 1.44. The van der Waals surface area contributed by atoms with Crippen LogP contribution in [0.2, 0.25) is 0 Å². The van der Waals surface area contributed by atoms with E-state index in [1.807, 2.05) is 32.2 Å². The summed E-state index contributed by atoms with van der Waals surface area (Å²) in [5.74, 6) is 1.71. The van der Waals surface area contributed by atoms with Crippen molar-refractivity contribution < 1.29 is 9.47 Å². The summed E-state index contributed by atoms with van der Waals surface area (Å²) in [4.78, 5) is 0. The van der Waals surface area contributed by atoms with Crippen LogP contribution in [-0.4, -0.2) is 20.8 Å². The van der Waals surface area contributed by atoms with Crippen molar-refractivity contribution in [2.45, 2.75) is 19.9 Å². The fraction of sp³-hybridized carbons (Fsp3) is 0.500. The van der Waals surface area contributed by atoms with E-state index < -0.39 is 0 Å². The van der Waals surface area contributed by atoms with Crippen LogP contribution in [0.5, 0.6) is 11.5 Å². The minimum Gasteiger partial charge on any atom is -0.497 e. The van der Waals surface area contributed by atoms with E-state index in [1.54, 1.807) is 7.11 Å². The smallest absolute Gasteiger partial charge is 0.127 e. The highest BCUT2D eigenvalue weighted by Gasteiger charge is 2.10. The Morgan fingerprint density at radius 1 is 1.40 bits per heavy atom. The summed E-state index contributed by atoms with van der Waals surface area (Å²) in [6, 6.07) is 6.18. The first kappa shape index (κ1) is 11.9. The summed E-state index contributed by atoms with van der Waals surface area (Å²) in [7, 11) is 3.59. The van der Waals surface area contributed by atoms with E-state index in [-0.39, 0.29) is 6.04 Å². The monoisotopic (exact) mass is 209 g/mol. The van der Waals surface area contributed by atoms with Crippen LogP contribution in [0, 0.1) is 0 Å². The summed E-state index contributed by atoms with van der Waals surface area (Å²) in [5.41, 5.74) is 1.15. The maximum Gasteiger partial charge on any atom is 0.127 e. The molecule has 0 aliphatic carbocycles. The van der Waals surface area contributed by atoms with Gasteiger partial charge in [-0.25, -0.2) is 0 Å². The van der Waals surface area contributed by atoms with Crippen molar-refractivity contribution in [3.05, 3.63) is 23.8 Å².